The first-order valence-electron chi connectivity index (χ1n) is 5.91. The van der Waals surface area contributed by atoms with Gasteiger partial charge >= 0.3 is 6.18 Å². The smallest absolute Gasteiger partial charge is 0.307 e. The first-order chi connectivity index (χ1) is 9.77. The van der Waals surface area contributed by atoms with E-state index in [1.165, 1.54) is 29.3 Å². The van der Waals surface area contributed by atoms with E-state index in [1.54, 1.807) is 0 Å². The molecule has 2 rings (SSSR count). The van der Waals surface area contributed by atoms with Crippen molar-refractivity contribution in [1.82, 2.24) is 0 Å². The van der Waals surface area contributed by atoms with Crippen LogP contribution in [0.2, 0.25) is 0 Å². The molecule has 0 amide bonds. The number of hydrogen-bond acceptors (Lipinski definition) is 2. The number of nitrogens with zero attached hydrogens (tertiary/aromatic N) is 1. The maximum atomic E-state index is 13.4. The van der Waals surface area contributed by atoms with E-state index in [0.29, 0.717) is 11.8 Å². The van der Waals surface area contributed by atoms with Crippen LogP contribution in [-0.4, -0.2) is 0 Å². The fourth-order valence-corrected chi connectivity index (χ4v) is 1.81. The molecule has 0 unspecified atom stereocenters. The number of hydrogen-bond donors (Lipinski definition) is 1. The highest BCUT2D eigenvalue weighted by Gasteiger charge is 2.33. The molecule has 0 saturated heterocycles. The molecule has 0 spiro atoms. The highest BCUT2D eigenvalue weighted by molar-refractivity contribution is 5.45. The third-order valence-corrected chi connectivity index (χ3v) is 2.85. The fourth-order valence-electron chi connectivity index (χ4n) is 1.81. The number of benzene rings is 2. The molecule has 0 bridgehead atoms. The van der Waals surface area contributed by atoms with Crippen LogP contribution in [0.15, 0.2) is 42.5 Å². The van der Waals surface area contributed by atoms with Gasteiger partial charge in [-0.25, -0.2) is 14.6 Å². The fraction of sp³-hybridized carbons (Fsp3) is 0.143. The summed E-state index contributed by atoms with van der Waals surface area (Å²) in [5, 5.41) is 1.18. The summed E-state index contributed by atoms with van der Waals surface area (Å²) >= 11 is 0. The molecular formula is C14H11F5N2. The van der Waals surface area contributed by atoms with Gasteiger partial charge in [-0.05, 0) is 42.0 Å². The summed E-state index contributed by atoms with van der Waals surface area (Å²) in [6.45, 7) is -0.0132. The summed E-state index contributed by atoms with van der Waals surface area (Å²) < 4.78 is 63.5. The second-order valence-electron chi connectivity index (χ2n) is 4.42. The lowest BCUT2D eigenvalue weighted by Crippen LogP contribution is -2.30. The first kappa shape index (κ1) is 15.2. The minimum absolute atomic E-state index is 0.0132. The molecule has 0 heterocycles. The summed E-state index contributed by atoms with van der Waals surface area (Å²) in [6, 6.07) is 7.82. The molecule has 0 radical (unpaired) electrons. The number of hydrazine groups is 1. The number of anilines is 1. The first-order valence-corrected chi connectivity index (χ1v) is 5.91. The van der Waals surface area contributed by atoms with Gasteiger partial charge in [0.05, 0.1) is 17.8 Å². The third-order valence-electron chi connectivity index (χ3n) is 2.85. The Morgan fingerprint density at radius 1 is 0.952 bits per heavy atom. The van der Waals surface area contributed by atoms with Crippen molar-refractivity contribution in [2.45, 2.75) is 12.7 Å². The lowest BCUT2D eigenvalue weighted by molar-refractivity contribution is -0.140. The predicted octanol–water partition coefficient (Wildman–Crippen LogP) is 3.86. The maximum Gasteiger partial charge on any atom is 0.419 e. The molecule has 21 heavy (non-hydrogen) atoms. The summed E-state index contributed by atoms with van der Waals surface area (Å²) in [5.41, 5.74) is -0.597. The Bertz CT molecular complexity index is 622. The van der Waals surface area contributed by atoms with Gasteiger partial charge in [-0.1, -0.05) is 6.07 Å². The Hall–Kier alpha value is -2.15. The predicted molar refractivity (Wildman–Crippen MR) is 68.2 cm³/mol. The minimum Gasteiger partial charge on any atom is -0.307 e. The molecule has 0 aliphatic carbocycles. The second kappa shape index (κ2) is 5.69. The Morgan fingerprint density at radius 2 is 1.57 bits per heavy atom. The maximum absolute atomic E-state index is 13.4. The zero-order valence-corrected chi connectivity index (χ0v) is 10.7. The molecule has 2 nitrogen and oxygen atoms in total. The Morgan fingerprint density at radius 3 is 2.10 bits per heavy atom. The highest BCUT2D eigenvalue weighted by Crippen LogP contribution is 2.31. The SMILES string of the molecule is NN(Cc1ccc(C(F)(F)F)c(F)c1)c1ccc(F)cc1. The number of halogens is 5. The molecule has 2 aromatic carbocycles. The van der Waals surface area contributed by atoms with Crippen molar-refractivity contribution < 1.29 is 22.0 Å². The summed E-state index contributed by atoms with van der Waals surface area (Å²) in [5.74, 6) is 3.93. The van der Waals surface area contributed by atoms with Crippen LogP contribution in [0.3, 0.4) is 0 Å². The molecule has 2 N–H and O–H groups in total. The molecule has 112 valence electrons. The Balaban J connectivity index is 2.16. The zero-order valence-electron chi connectivity index (χ0n) is 10.7. The van der Waals surface area contributed by atoms with Crippen molar-refractivity contribution in [3.63, 3.8) is 0 Å². The van der Waals surface area contributed by atoms with Crippen LogP contribution in [0.25, 0.3) is 0 Å². The Kier molecular flexibility index (Phi) is 4.13. The Labute approximate surface area is 117 Å². The van der Waals surface area contributed by atoms with Crippen LogP contribution < -0.4 is 10.9 Å². The molecule has 0 aliphatic heterocycles. The molecule has 0 atom stereocenters. The van der Waals surface area contributed by atoms with E-state index in [0.717, 1.165) is 12.1 Å². The van der Waals surface area contributed by atoms with Gasteiger partial charge in [0.15, 0.2) is 0 Å². The number of alkyl halides is 3. The zero-order chi connectivity index (χ0) is 15.6. The normalized spacial score (nSPS) is 11.5. The standard InChI is InChI=1S/C14H11F5N2/c15-10-2-4-11(5-3-10)21(20)8-9-1-6-12(13(16)7-9)14(17,18)19/h1-7H,8,20H2. The number of rotatable bonds is 3. The van der Waals surface area contributed by atoms with Crippen LogP contribution >= 0.6 is 0 Å². The summed E-state index contributed by atoms with van der Waals surface area (Å²) in [4.78, 5) is 0. The van der Waals surface area contributed by atoms with Crippen molar-refractivity contribution in [3.05, 3.63) is 65.2 Å². The molecular weight excluding hydrogens is 291 g/mol. The van der Waals surface area contributed by atoms with E-state index in [9.17, 15) is 22.0 Å². The molecule has 0 aromatic heterocycles. The van der Waals surface area contributed by atoms with Gasteiger partial charge in [0.1, 0.15) is 11.6 Å². The van der Waals surface area contributed by atoms with E-state index in [2.05, 4.69) is 0 Å². The van der Waals surface area contributed by atoms with E-state index in [4.69, 9.17) is 5.84 Å². The van der Waals surface area contributed by atoms with Crippen molar-refractivity contribution in [2.75, 3.05) is 5.01 Å². The van der Waals surface area contributed by atoms with E-state index < -0.39 is 23.4 Å². The van der Waals surface area contributed by atoms with Crippen LogP contribution in [0.4, 0.5) is 27.6 Å². The van der Waals surface area contributed by atoms with Gasteiger partial charge in [0.2, 0.25) is 0 Å². The highest BCUT2D eigenvalue weighted by atomic mass is 19.4. The lowest BCUT2D eigenvalue weighted by Gasteiger charge is -2.19. The monoisotopic (exact) mass is 302 g/mol. The van der Waals surface area contributed by atoms with Crippen LogP contribution in [0.5, 0.6) is 0 Å². The van der Waals surface area contributed by atoms with Crippen LogP contribution in [0, 0.1) is 11.6 Å². The minimum atomic E-state index is -4.73. The molecule has 7 heteroatoms. The topological polar surface area (TPSA) is 29.3 Å². The van der Waals surface area contributed by atoms with Crippen molar-refractivity contribution >= 4 is 5.69 Å². The van der Waals surface area contributed by atoms with Crippen molar-refractivity contribution in [1.29, 1.82) is 0 Å². The summed E-state index contributed by atoms with van der Waals surface area (Å²) in [7, 11) is 0. The quantitative estimate of drug-likeness (QED) is 0.530. The third kappa shape index (κ3) is 3.69. The van der Waals surface area contributed by atoms with Gasteiger partial charge in [-0.15, -0.1) is 0 Å². The van der Waals surface area contributed by atoms with Gasteiger partial charge < -0.3 is 5.01 Å². The number of nitrogens with two attached hydrogens (primary N) is 1. The van der Waals surface area contributed by atoms with Gasteiger partial charge in [0.25, 0.3) is 0 Å². The average Bonchev–Trinajstić information content (AvgIpc) is 2.37. The largest absolute Gasteiger partial charge is 0.419 e. The lowest BCUT2D eigenvalue weighted by atomic mass is 10.1. The van der Waals surface area contributed by atoms with Gasteiger partial charge in [0, 0.05) is 0 Å². The van der Waals surface area contributed by atoms with Gasteiger partial charge in [-0.3, -0.25) is 0 Å². The van der Waals surface area contributed by atoms with Crippen molar-refractivity contribution in [2.24, 2.45) is 5.84 Å². The average molecular weight is 302 g/mol. The van der Waals surface area contributed by atoms with Crippen molar-refractivity contribution in [3.8, 4) is 0 Å². The molecule has 0 saturated carbocycles. The molecule has 0 aliphatic rings. The van der Waals surface area contributed by atoms with Crippen LogP contribution in [0.1, 0.15) is 11.1 Å². The molecule has 0 fully saturated rings. The van der Waals surface area contributed by atoms with E-state index in [1.807, 2.05) is 0 Å². The van der Waals surface area contributed by atoms with E-state index >= 15 is 0 Å². The van der Waals surface area contributed by atoms with Crippen LogP contribution in [-0.2, 0) is 12.7 Å². The second-order valence-corrected chi connectivity index (χ2v) is 4.42. The van der Waals surface area contributed by atoms with E-state index in [-0.39, 0.29) is 12.1 Å². The summed E-state index contributed by atoms with van der Waals surface area (Å²) in [6.07, 6.45) is -4.73. The van der Waals surface area contributed by atoms with Gasteiger partial charge in [-0.2, -0.15) is 13.2 Å². The molecule has 2 aromatic rings.